The van der Waals surface area contributed by atoms with Crippen molar-refractivity contribution in [3.8, 4) is 22.4 Å². The monoisotopic (exact) mass is 503 g/mol. The Labute approximate surface area is 211 Å². The second-order valence-corrected chi connectivity index (χ2v) is 9.79. The Kier molecular flexibility index (Phi) is 6.00. The third kappa shape index (κ3) is 4.38. The number of benzene rings is 3. The van der Waals surface area contributed by atoms with Crippen molar-refractivity contribution in [1.29, 1.82) is 0 Å². The summed E-state index contributed by atoms with van der Waals surface area (Å²) in [4.78, 5) is 19.1. The van der Waals surface area contributed by atoms with Gasteiger partial charge >= 0.3 is 0 Å². The van der Waals surface area contributed by atoms with Gasteiger partial charge in [0.05, 0.1) is 11.4 Å². The van der Waals surface area contributed by atoms with Gasteiger partial charge in [-0.1, -0.05) is 71.2 Å². The Hall–Kier alpha value is -3.38. The first-order valence-electron chi connectivity index (χ1n) is 10.5. The van der Waals surface area contributed by atoms with E-state index in [2.05, 4.69) is 17.4 Å². The van der Waals surface area contributed by atoms with Crippen LogP contribution in [0.15, 0.2) is 78.9 Å². The number of carbonyl (C=O) groups is 1. The van der Waals surface area contributed by atoms with E-state index in [0.717, 1.165) is 27.8 Å². The Morgan fingerprint density at radius 2 is 1.62 bits per heavy atom. The van der Waals surface area contributed by atoms with E-state index in [1.54, 1.807) is 24.3 Å². The van der Waals surface area contributed by atoms with Gasteiger partial charge in [0.1, 0.15) is 9.71 Å². The molecule has 0 bridgehead atoms. The molecule has 3 N–H and O–H groups in total. The summed E-state index contributed by atoms with van der Waals surface area (Å²) in [6.07, 6.45) is 0. The number of nitrogens with zero attached hydrogens (tertiary/aromatic N) is 1. The summed E-state index contributed by atoms with van der Waals surface area (Å²) in [7, 11) is 0. The highest BCUT2D eigenvalue weighted by molar-refractivity contribution is 7.21. The number of halogens is 2. The van der Waals surface area contributed by atoms with Gasteiger partial charge < -0.3 is 11.1 Å². The number of hydrogen-bond acceptors (Lipinski definition) is 4. The minimum Gasteiger partial charge on any atom is -0.397 e. The summed E-state index contributed by atoms with van der Waals surface area (Å²) < 4.78 is 0. The molecule has 0 aliphatic carbocycles. The third-order valence-corrected chi connectivity index (χ3v) is 7.08. The zero-order valence-corrected chi connectivity index (χ0v) is 20.4. The van der Waals surface area contributed by atoms with Crippen molar-refractivity contribution in [2.24, 2.45) is 0 Å². The number of fused-ring (bicyclic) bond motifs is 1. The predicted molar refractivity (Wildman–Crippen MR) is 144 cm³/mol. The molecule has 2 heterocycles. The third-order valence-electron chi connectivity index (χ3n) is 5.49. The molecule has 2 aromatic heterocycles. The van der Waals surface area contributed by atoms with Gasteiger partial charge in [-0.2, -0.15) is 0 Å². The van der Waals surface area contributed by atoms with Crippen molar-refractivity contribution in [1.82, 2.24) is 4.98 Å². The van der Waals surface area contributed by atoms with Crippen LogP contribution in [0.2, 0.25) is 10.0 Å². The van der Waals surface area contributed by atoms with Crippen LogP contribution in [0.1, 0.15) is 15.2 Å². The average Bonchev–Trinajstić information content (AvgIpc) is 3.16. The minimum atomic E-state index is -0.304. The first-order valence-corrected chi connectivity index (χ1v) is 12.1. The lowest BCUT2D eigenvalue weighted by Crippen LogP contribution is -2.11. The molecular weight excluding hydrogens is 485 g/mol. The highest BCUT2D eigenvalue weighted by Crippen LogP contribution is 2.41. The van der Waals surface area contributed by atoms with Gasteiger partial charge in [-0.3, -0.25) is 4.79 Å². The number of rotatable bonds is 4. The molecule has 5 rings (SSSR count). The summed E-state index contributed by atoms with van der Waals surface area (Å²) in [5.41, 5.74) is 12.3. The number of anilines is 2. The Balaban J connectivity index is 1.67. The van der Waals surface area contributed by atoms with Crippen molar-refractivity contribution in [2.45, 2.75) is 6.92 Å². The van der Waals surface area contributed by atoms with Crippen LogP contribution in [-0.2, 0) is 0 Å². The standard InChI is InChI=1S/C27H19Cl2N3OS/c1-15-5-7-17(8-6-15)22-14-21(16-9-11-18(28)12-10-16)23-24(30)25(34-27(23)32-22)26(33)31-20-4-2-3-19(29)13-20/h2-14H,30H2,1H3,(H,31,33). The molecule has 0 aliphatic rings. The summed E-state index contributed by atoms with van der Waals surface area (Å²) in [5, 5.41) is 4.82. The highest BCUT2D eigenvalue weighted by atomic mass is 35.5. The number of aromatic nitrogens is 1. The van der Waals surface area contributed by atoms with E-state index in [1.165, 1.54) is 16.9 Å². The average molecular weight is 504 g/mol. The molecule has 0 aliphatic heterocycles. The fourth-order valence-electron chi connectivity index (χ4n) is 3.77. The topological polar surface area (TPSA) is 68.0 Å². The molecule has 0 radical (unpaired) electrons. The van der Waals surface area contributed by atoms with Crippen LogP contribution in [0.4, 0.5) is 11.4 Å². The van der Waals surface area contributed by atoms with Crippen molar-refractivity contribution < 1.29 is 4.79 Å². The number of carbonyl (C=O) groups excluding carboxylic acids is 1. The van der Waals surface area contributed by atoms with Crippen molar-refractivity contribution in [2.75, 3.05) is 11.1 Å². The van der Waals surface area contributed by atoms with E-state index < -0.39 is 0 Å². The van der Waals surface area contributed by atoms with Crippen LogP contribution in [0.3, 0.4) is 0 Å². The molecule has 0 spiro atoms. The van der Waals surface area contributed by atoms with E-state index in [9.17, 15) is 4.79 Å². The molecule has 5 aromatic rings. The van der Waals surface area contributed by atoms with Crippen molar-refractivity contribution in [3.05, 3.63) is 99.3 Å². The van der Waals surface area contributed by atoms with E-state index in [1.807, 2.05) is 49.4 Å². The van der Waals surface area contributed by atoms with Crippen LogP contribution >= 0.6 is 34.5 Å². The van der Waals surface area contributed by atoms with E-state index in [-0.39, 0.29) is 5.91 Å². The number of aryl methyl sites for hydroxylation is 1. The Morgan fingerprint density at radius 3 is 2.32 bits per heavy atom. The van der Waals surface area contributed by atoms with Gasteiger partial charge in [0.25, 0.3) is 5.91 Å². The maximum Gasteiger partial charge on any atom is 0.267 e. The molecule has 0 unspecified atom stereocenters. The van der Waals surface area contributed by atoms with Crippen LogP contribution in [-0.4, -0.2) is 10.9 Å². The SMILES string of the molecule is Cc1ccc(-c2cc(-c3ccc(Cl)cc3)c3c(N)c(C(=O)Nc4cccc(Cl)c4)sc3n2)cc1. The number of nitrogens with one attached hydrogen (secondary N) is 1. The van der Waals surface area contributed by atoms with E-state index in [0.29, 0.717) is 31.1 Å². The number of amides is 1. The van der Waals surface area contributed by atoms with Crippen molar-refractivity contribution >= 4 is 62.0 Å². The zero-order chi connectivity index (χ0) is 23.8. The molecule has 0 fully saturated rings. The lowest BCUT2D eigenvalue weighted by Gasteiger charge is -2.09. The highest BCUT2D eigenvalue weighted by Gasteiger charge is 2.22. The number of pyridine rings is 1. The minimum absolute atomic E-state index is 0.304. The van der Waals surface area contributed by atoms with E-state index in [4.69, 9.17) is 33.9 Å². The lowest BCUT2D eigenvalue weighted by atomic mass is 9.99. The normalized spacial score (nSPS) is 11.0. The molecule has 1 amide bonds. The maximum absolute atomic E-state index is 13.1. The Morgan fingerprint density at radius 1 is 0.912 bits per heavy atom. The van der Waals surface area contributed by atoms with Crippen LogP contribution < -0.4 is 11.1 Å². The Bertz CT molecular complexity index is 1530. The fraction of sp³-hybridized carbons (Fsp3) is 0.0370. The van der Waals surface area contributed by atoms with Gasteiger partial charge in [0, 0.05) is 26.7 Å². The summed E-state index contributed by atoms with van der Waals surface area (Å²) in [6, 6.07) is 24.8. The molecule has 168 valence electrons. The quantitative estimate of drug-likeness (QED) is 0.260. The molecule has 0 saturated heterocycles. The fourth-order valence-corrected chi connectivity index (χ4v) is 5.10. The molecule has 0 atom stereocenters. The molecule has 3 aromatic carbocycles. The number of thiophene rings is 1. The maximum atomic E-state index is 13.1. The van der Waals surface area contributed by atoms with E-state index >= 15 is 0 Å². The van der Waals surface area contributed by atoms with Gasteiger partial charge in [-0.15, -0.1) is 11.3 Å². The number of hydrogen-bond donors (Lipinski definition) is 2. The summed E-state index contributed by atoms with van der Waals surface area (Å²) in [5.74, 6) is -0.304. The summed E-state index contributed by atoms with van der Waals surface area (Å²) >= 11 is 13.5. The largest absolute Gasteiger partial charge is 0.397 e. The summed E-state index contributed by atoms with van der Waals surface area (Å²) in [6.45, 7) is 2.05. The molecular formula is C27H19Cl2N3OS. The predicted octanol–water partition coefficient (Wildman–Crippen LogP) is 8.08. The number of nitrogens with two attached hydrogens (primary N) is 1. The van der Waals surface area contributed by atoms with Gasteiger partial charge in [0.15, 0.2) is 0 Å². The smallest absolute Gasteiger partial charge is 0.267 e. The molecule has 7 heteroatoms. The van der Waals surface area contributed by atoms with Crippen LogP contribution in [0, 0.1) is 6.92 Å². The second kappa shape index (κ2) is 9.11. The molecule has 0 saturated carbocycles. The zero-order valence-electron chi connectivity index (χ0n) is 18.1. The van der Waals surface area contributed by atoms with Crippen molar-refractivity contribution in [3.63, 3.8) is 0 Å². The lowest BCUT2D eigenvalue weighted by molar-refractivity contribution is 0.103. The van der Waals surface area contributed by atoms with Gasteiger partial charge in [0.2, 0.25) is 0 Å². The first kappa shape index (κ1) is 22.4. The molecule has 34 heavy (non-hydrogen) atoms. The first-order chi connectivity index (χ1) is 16.4. The number of nitrogen functional groups attached to an aromatic ring is 1. The van der Waals surface area contributed by atoms with Gasteiger partial charge in [-0.25, -0.2) is 4.98 Å². The van der Waals surface area contributed by atoms with Gasteiger partial charge in [-0.05, 0) is 54.4 Å². The van der Waals surface area contributed by atoms with Crippen LogP contribution in [0.5, 0.6) is 0 Å². The molecule has 4 nitrogen and oxygen atoms in total. The van der Waals surface area contributed by atoms with Crippen LogP contribution in [0.25, 0.3) is 32.6 Å². The second-order valence-electron chi connectivity index (χ2n) is 7.92.